The van der Waals surface area contributed by atoms with E-state index in [1.54, 1.807) is 42.2 Å². The van der Waals surface area contributed by atoms with E-state index in [1.807, 2.05) is 43.3 Å². The maximum absolute atomic E-state index is 14.1. The van der Waals surface area contributed by atoms with Crippen LogP contribution in [0.15, 0.2) is 102 Å². The number of non-ortho nitro benzene ring substituents is 1. The molecule has 1 heterocycles. The quantitative estimate of drug-likeness (QED) is 0.0379. The van der Waals surface area contributed by atoms with Crippen molar-refractivity contribution in [2.75, 3.05) is 33.0 Å². The highest BCUT2D eigenvalue weighted by molar-refractivity contribution is 6.03. The van der Waals surface area contributed by atoms with Crippen LogP contribution in [0.3, 0.4) is 0 Å². The summed E-state index contributed by atoms with van der Waals surface area (Å²) in [6.45, 7) is 8.67. The summed E-state index contributed by atoms with van der Waals surface area (Å²) in [7, 11) is 0. The summed E-state index contributed by atoms with van der Waals surface area (Å²) in [6.07, 6.45) is 7.68. The monoisotopic (exact) mass is 868 g/mol. The fourth-order valence-electron chi connectivity index (χ4n) is 9.35. The van der Waals surface area contributed by atoms with Gasteiger partial charge in [-0.3, -0.25) is 15.0 Å². The normalized spacial score (nSPS) is 22.7. The second-order valence-electron chi connectivity index (χ2n) is 16.1. The van der Waals surface area contributed by atoms with Crippen LogP contribution in [0.5, 0.6) is 11.5 Å². The second kappa shape index (κ2) is 22.5. The zero-order valence-electron chi connectivity index (χ0n) is 36.2. The Labute approximate surface area is 368 Å². The number of benzene rings is 3. The van der Waals surface area contributed by atoms with Gasteiger partial charge in [0.05, 0.1) is 29.8 Å². The molecular formula is C48H60N4O11. The third-order valence-electron chi connectivity index (χ3n) is 12.0. The number of carbonyl (C=O) groups is 2. The van der Waals surface area contributed by atoms with E-state index in [0.29, 0.717) is 48.6 Å². The van der Waals surface area contributed by atoms with Crippen LogP contribution < -0.4 is 14.8 Å². The smallest absolute Gasteiger partial charge is 0.412 e. The highest BCUT2D eigenvalue weighted by Crippen LogP contribution is 2.62. The SMILES string of the molecule is C=CCOC12Oc3ccc(OC(=O)NCc4ccccc4)cc3C3C(CCCCO)C(CCCCO)C=C(C(=NOCc4ccc([N+](=O)[O-])cc4)CC1N(CCC)C(=O)OCC)C32. The Balaban J connectivity index is 1.51. The third-order valence-corrected chi connectivity index (χ3v) is 12.0. The maximum atomic E-state index is 14.1. The first-order valence-electron chi connectivity index (χ1n) is 22.0. The summed E-state index contributed by atoms with van der Waals surface area (Å²) < 4.78 is 25.8. The Morgan fingerprint density at radius 1 is 1.02 bits per heavy atom. The number of aliphatic hydroxyl groups excluding tert-OH is 2. The molecule has 1 fully saturated rings. The molecule has 3 aromatic rings. The standard InChI is InChI=1S/C48H60N4O11/c1-4-24-51(47(56)59-6-3)43-30-41(50-61-32-34-18-20-36(21-19-34)52(57)58)39-28-35(16-10-12-25-53)38(17-11-13-26-54)44-40-29-37(62-46(55)49-31-33-14-8-7-9-15-33)22-23-42(40)63-48(43,45(39)44)60-27-5-2/h5,7-9,14-15,18-23,28-29,35,38,43-45,53-54H,2,4,6,10-13,16-17,24-27,30-32H2,1,3H3,(H,49,55). The number of nitro groups is 1. The Bertz CT molecular complexity index is 2080. The minimum atomic E-state index is -1.49. The van der Waals surface area contributed by atoms with Gasteiger partial charge >= 0.3 is 12.2 Å². The number of hydrogen-bond acceptors (Lipinski definition) is 12. The van der Waals surface area contributed by atoms with Crippen molar-refractivity contribution in [2.45, 2.75) is 96.1 Å². The van der Waals surface area contributed by atoms with Crippen molar-refractivity contribution >= 4 is 23.6 Å². The molecule has 6 unspecified atom stereocenters. The number of aliphatic hydroxyl groups is 2. The van der Waals surface area contributed by atoms with Crippen molar-refractivity contribution in [3.05, 3.63) is 124 Å². The van der Waals surface area contributed by atoms with Gasteiger partial charge in [-0.1, -0.05) is 67.4 Å². The minimum Gasteiger partial charge on any atom is -0.459 e. The van der Waals surface area contributed by atoms with E-state index in [-0.39, 0.29) is 69.4 Å². The van der Waals surface area contributed by atoms with Crippen LogP contribution in [-0.2, 0) is 27.5 Å². The summed E-state index contributed by atoms with van der Waals surface area (Å²) in [5, 5.41) is 38.8. The van der Waals surface area contributed by atoms with Gasteiger partial charge in [0.25, 0.3) is 5.69 Å². The number of nitrogens with one attached hydrogen (secondary N) is 1. The van der Waals surface area contributed by atoms with Gasteiger partial charge in [-0.15, -0.1) is 6.58 Å². The summed E-state index contributed by atoms with van der Waals surface area (Å²) in [5.41, 5.74) is 3.77. The Morgan fingerprint density at radius 3 is 2.44 bits per heavy atom. The topological polar surface area (TPSA) is 192 Å². The maximum Gasteiger partial charge on any atom is 0.412 e. The van der Waals surface area contributed by atoms with Crippen LogP contribution in [0.1, 0.15) is 87.8 Å². The zero-order chi connectivity index (χ0) is 44.8. The molecule has 3 N–H and O–H groups in total. The lowest BCUT2D eigenvalue weighted by Gasteiger charge is -2.59. The molecular weight excluding hydrogens is 809 g/mol. The molecule has 1 saturated carbocycles. The first-order chi connectivity index (χ1) is 30.7. The first-order valence-corrected chi connectivity index (χ1v) is 22.0. The lowest BCUT2D eigenvalue weighted by atomic mass is 9.55. The van der Waals surface area contributed by atoms with Crippen LogP contribution in [0.25, 0.3) is 0 Å². The lowest BCUT2D eigenvalue weighted by molar-refractivity contribution is -0.384. The molecule has 3 aliphatic rings. The number of hydrogen-bond donors (Lipinski definition) is 3. The molecule has 0 radical (unpaired) electrons. The molecule has 6 atom stereocenters. The second-order valence-corrected chi connectivity index (χ2v) is 16.1. The van der Waals surface area contributed by atoms with Crippen LogP contribution >= 0.6 is 0 Å². The summed E-state index contributed by atoms with van der Waals surface area (Å²) in [5.74, 6) is -1.67. The van der Waals surface area contributed by atoms with Crippen LogP contribution in [0.2, 0.25) is 0 Å². The van der Waals surface area contributed by atoms with Crippen molar-refractivity contribution in [1.29, 1.82) is 0 Å². The first kappa shape index (κ1) is 46.7. The predicted octanol–water partition coefficient (Wildman–Crippen LogP) is 8.59. The lowest BCUT2D eigenvalue weighted by Crippen LogP contribution is -2.70. The third kappa shape index (κ3) is 11.1. The average Bonchev–Trinajstić information content (AvgIpc) is 3.29. The molecule has 0 bridgehead atoms. The highest BCUT2D eigenvalue weighted by Gasteiger charge is 2.65. The van der Waals surface area contributed by atoms with Crippen LogP contribution in [0, 0.1) is 27.9 Å². The minimum absolute atomic E-state index is 0.0261. The van der Waals surface area contributed by atoms with E-state index in [0.717, 1.165) is 42.4 Å². The van der Waals surface area contributed by atoms with E-state index in [4.69, 9.17) is 28.9 Å². The van der Waals surface area contributed by atoms with Crippen molar-refractivity contribution < 1.29 is 48.5 Å². The van der Waals surface area contributed by atoms with E-state index in [2.05, 4.69) is 18.0 Å². The number of carbonyl (C=O) groups excluding carboxylic acids is 2. The molecule has 15 nitrogen and oxygen atoms in total. The van der Waals surface area contributed by atoms with Gasteiger partial charge in [-0.2, -0.15) is 0 Å². The number of fused-ring (bicyclic) bond motifs is 2. The van der Waals surface area contributed by atoms with Gasteiger partial charge in [0.1, 0.15) is 24.1 Å². The van der Waals surface area contributed by atoms with Crippen molar-refractivity contribution in [1.82, 2.24) is 10.2 Å². The van der Waals surface area contributed by atoms with Gasteiger partial charge in [-0.05, 0) is 97.9 Å². The van der Waals surface area contributed by atoms with Crippen molar-refractivity contribution in [3.63, 3.8) is 0 Å². The summed E-state index contributed by atoms with van der Waals surface area (Å²) in [6, 6.07) is 20.2. The van der Waals surface area contributed by atoms with E-state index in [1.165, 1.54) is 12.1 Å². The predicted molar refractivity (Wildman–Crippen MR) is 236 cm³/mol. The van der Waals surface area contributed by atoms with Gasteiger partial charge in [-0.25, -0.2) is 9.59 Å². The molecule has 338 valence electrons. The summed E-state index contributed by atoms with van der Waals surface area (Å²) in [4.78, 5) is 45.9. The number of nitrogens with zero attached hydrogens (tertiary/aromatic N) is 3. The Hall–Kier alpha value is -5.77. The molecule has 0 saturated heterocycles. The zero-order valence-corrected chi connectivity index (χ0v) is 36.2. The van der Waals surface area contributed by atoms with Crippen LogP contribution in [0.4, 0.5) is 15.3 Å². The van der Waals surface area contributed by atoms with E-state index in [9.17, 15) is 29.9 Å². The molecule has 0 spiro atoms. The average molecular weight is 869 g/mol. The van der Waals surface area contributed by atoms with Gasteiger partial charge in [0, 0.05) is 56.3 Å². The number of allylic oxidation sites excluding steroid dienone is 1. The molecule has 63 heavy (non-hydrogen) atoms. The molecule has 2 aliphatic carbocycles. The Kier molecular flexibility index (Phi) is 16.7. The molecule has 6 rings (SSSR count). The number of amides is 2. The number of nitro benzene ring substituents is 1. The molecule has 15 heteroatoms. The highest BCUT2D eigenvalue weighted by atomic mass is 16.7. The molecule has 3 aromatic carbocycles. The molecule has 1 aliphatic heterocycles. The fourth-order valence-corrected chi connectivity index (χ4v) is 9.35. The van der Waals surface area contributed by atoms with Gasteiger partial charge < -0.3 is 39.3 Å². The van der Waals surface area contributed by atoms with Crippen molar-refractivity contribution in [3.8, 4) is 11.5 Å². The van der Waals surface area contributed by atoms with Crippen molar-refractivity contribution in [2.24, 2.45) is 22.9 Å². The number of oxime groups is 1. The summed E-state index contributed by atoms with van der Waals surface area (Å²) >= 11 is 0. The number of ether oxygens (including phenoxy) is 4. The Morgan fingerprint density at radius 2 is 1.76 bits per heavy atom. The van der Waals surface area contributed by atoms with E-state index >= 15 is 0 Å². The fraction of sp³-hybridized carbons (Fsp3) is 0.479. The number of rotatable bonds is 22. The van der Waals surface area contributed by atoms with Crippen LogP contribution in [-0.4, -0.2) is 82.7 Å². The largest absolute Gasteiger partial charge is 0.459 e. The number of unbranched alkanes of at least 4 members (excludes halogenated alkanes) is 2. The van der Waals surface area contributed by atoms with Gasteiger partial charge in [0.15, 0.2) is 0 Å². The molecule has 0 aromatic heterocycles. The van der Waals surface area contributed by atoms with E-state index < -0.39 is 34.9 Å². The van der Waals surface area contributed by atoms with Gasteiger partial charge in [0.2, 0.25) is 5.79 Å². The molecule has 2 amide bonds.